The highest BCUT2D eigenvalue weighted by Gasteiger charge is 2.20. The third-order valence-electron chi connectivity index (χ3n) is 2.53. The minimum absolute atomic E-state index is 0.0312. The minimum Gasteiger partial charge on any atom is -0.481 e. The van der Waals surface area contributed by atoms with Crippen LogP contribution in [0.5, 0.6) is 0 Å². The van der Waals surface area contributed by atoms with E-state index in [-0.39, 0.29) is 6.42 Å². The normalized spacial score (nSPS) is 14.5. The summed E-state index contributed by atoms with van der Waals surface area (Å²) in [5.74, 6) is -0.135. The van der Waals surface area contributed by atoms with Gasteiger partial charge in [0.05, 0.1) is 5.69 Å². The number of carbonyl (C=O) groups is 1. The van der Waals surface area contributed by atoms with Crippen LogP contribution in [-0.4, -0.2) is 20.6 Å². The molecular formula is C9H12N2O2. The Morgan fingerprint density at radius 3 is 3.00 bits per heavy atom. The fraction of sp³-hybridized carbons (Fsp3) is 0.556. The van der Waals surface area contributed by atoms with Crippen molar-refractivity contribution < 1.29 is 9.90 Å². The number of aromatic nitrogens is 2. The van der Waals surface area contributed by atoms with E-state index in [0.29, 0.717) is 5.82 Å². The molecule has 1 aliphatic rings. The lowest BCUT2D eigenvalue weighted by Gasteiger charge is -2.00. The Bertz CT molecular complexity index is 355. The van der Waals surface area contributed by atoms with Gasteiger partial charge in [0, 0.05) is 12.7 Å². The van der Waals surface area contributed by atoms with E-state index in [9.17, 15) is 4.79 Å². The zero-order valence-corrected chi connectivity index (χ0v) is 7.58. The molecule has 70 valence electrons. The summed E-state index contributed by atoms with van der Waals surface area (Å²) in [7, 11) is 1.90. The second-order valence-corrected chi connectivity index (χ2v) is 3.40. The number of rotatable bonds is 2. The van der Waals surface area contributed by atoms with Crippen molar-refractivity contribution in [3.63, 3.8) is 0 Å². The molecule has 13 heavy (non-hydrogen) atoms. The molecule has 1 N–H and O–H groups in total. The summed E-state index contributed by atoms with van der Waals surface area (Å²) in [6.45, 7) is 0. The van der Waals surface area contributed by atoms with Gasteiger partial charge in [0.2, 0.25) is 0 Å². The van der Waals surface area contributed by atoms with Gasteiger partial charge in [-0.15, -0.1) is 0 Å². The van der Waals surface area contributed by atoms with E-state index in [2.05, 4.69) is 4.98 Å². The van der Waals surface area contributed by atoms with Crippen molar-refractivity contribution in [1.29, 1.82) is 0 Å². The number of fused-ring (bicyclic) bond motifs is 1. The van der Waals surface area contributed by atoms with Crippen molar-refractivity contribution in [1.82, 2.24) is 9.55 Å². The van der Waals surface area contributed by atoms with Crippen LogP contribution in [0.15, 0.2) is 0 Å². The Labute approximate surface area is 76.2 Å². The maximum Gasteiger partial charge on any atom is 0.311 e. The van der Waals surface area contributed by atoms with Crippen LogP contribution in [0.2, 0.25) is 0 Å². The monoisotopic (exact) mass is 180 g/mol. The molecule has 0 fully saturated rings. The molecule has 0 saturated carbocycles. The molecule has 0 radical (unpaired) electrons. The van der Waals surface area contributed by atoms with Crippen molar-refractivity contribution in [2.75, 3.05) is 0 Å². The molecule has 1 aliphatic carbocycles. The van der Waals surface area contributed by atoms with E-state index in [1.54, 1.807) is 0 Å². The molecule has 0 spiro atoms. The molecule has 1 heterocycles. The second-order valence-electron chi connectivity index (χ2n) is 3.40. The van der Waals surface area contributed by atoms with Crippen molar-refractivity contribution in [2.24, 2.45) is 7.05 Å². The van der Waals surface area contributed by atoms with Gasteiger partial charge in [-0.05, 0) is 19.3 Å². The van der Waals surface area contributed by atoms with Crippen molar-refractivity contribution in [3.8, 4) is 0 Å². The molecule has 0 atom stereocenters. The van der Waals surface area contributed by atoms with E-state index in [4.69, 9.17) is 5.11 Å². The molecule has 0 amide bonds. The highest BCUT2D eigenvalue weighted by atomic mass is 16.4. The number of aryl methyl sites for hydroxylation is 1. The standard InChI is InChI=1S/C9H12N2O2/c1-11-7-4-2-3-6(7)10-8(11)5-9(12)13/h2-5H2,1H3,(H,12,13). The van der Waals surface area contributed by atoms with Gasteiger partial charge in [0.1, 0.15) is 12.2 Å². The van der Waals surface area contributed by atoms with Gasteiger partial charge in [0.15, 0.2) is 0 Å². The van der Waals surface area contributed by atoms with E-state index in [1.165, 1.54) is 5.69 Å². The van der Waals surface area contributed by atoms with Crippen LogP contribution < -0.4 is 0 Å². The minimum atomic E-state index is -0.813. The predicted octanol–water partition coefficient (Wildman–Crippen LogP) is 0.536. The number of hydrogen-bond donors (Lipinski definition) is 1. The number of imidazole rings is 1. The van der Waals surface area contributed by atoms with E-state index < -0.39 is 5.97 Å². The van der Waals surface area contributed by atoms with E-state index in [1.807, 2.05) is 11.6 Å². The number of aliphatic carboxylic acids is 1. The Balaban J connectivity index is 2.33. The number of nitrogens with zero attached hydrogens (tertiary/aromatic N) is 2. The third kappa shape index (κ3) is 1.32. The second kappa shape index (κ2) is 2.87. The van der Waals surface area contributed by atoms with Crippen LogP contribution >= 0.6 is 0 Å². The van der Waals surface area contributed by atoms with E-state index >= 15 is 0 Å². The molecule has 0 saturated heterocycles. The van der Waals surface area contributed by atoms with Crippen LogP contribution in [0.1, 0.15) is 23.6 Å². The first-order chi connectivity index (χ1) is 6.18. The lowest BCUT2D eigenvalue weighted by atomic mass is 10.3. The topological polar surface area (TPSA) is 55.1 Å². The molecule has 0 bridgehead atoms. The Hall–Kier alpha value is -1.32. The smallest absolute Gasteiger partial charge is 0.311 e. The molecule has 4 nitrogen and oxygen atoms in total. The number of carboxylic acid groups (broad SMARTS) is 1. The van der Waals surface area contributed by atoms with E-state index in [0.717, 1.165) is 25.0 Å². The van der Waals surface area contributed by atoms with Crippen molar-refractivity contribution in [2.45, 2.75) is 25.7 Å². The van der Waals surface area contributed by atoms with Gasteiger partial charge in [-0.2, -0.15) is 0 Å². The highest BCUT2D eigenvalue weighted by molar-refractivity contribution is 5.69. The SMILES string of the molecule is Cn1c(CC(=O)O)nc2c1CCC2. The third-order valence-corrected chi connectivity index (χ3v) is 2.53. The van der Waals surface area contributed by atoms with Crippen LogP contribution in [0.3, 0.4) is 0 Å². The van der Waals surface area contributed by atoms with Crippen LogP contribution in [0.25, 0.3) is 0 Å². The summed E-state index contributed by atoms with van der Waals surface area (Å²) in [5, 5.41) is 8.63. The zero-order chi connectivity index (χ0) is 9.42. The molecule has 0 aliphatic heterocycles. The molecule has 2 rings (SSSR count). The van der Waals surface area contributed by atoms with Gasteiger partial charge in [0.25, 0.3) is 0 Å². The fourth-order valence-corrected chi connectivity index (χ4v) is 1.87. The van der Waals surface area contributed by atoms with Gasteiger partial charge in [-0.25, -0.2) is 4.98 Å². The van der Waals surface area contributed by atoms with Gasteiger partial charge in [-0.1, -0.05) is 0 Å². The summed E-state index contributed by atoms with van der Waals surface area (Å²) < 4.78 is 1.93. The average Bonchev–Trinajstić information content (AvgIpc) is 2.56. The first-order valence-electron chi connectivity index (χ1n) is 4.43. The predicted molar refractivity (Wildman–Crippen MR) is 46.6 cm³/mol. The largest absolute Gasteiger partial charge is 0.481 e. The van der Waals surface area contributed by atoms with Crippen molar-refractivity contribution >= 4 is 5.97 Å². The van der Waals surface area contributed by atoms with Gasteiger partial charge in [-0.3, -0.25) is 4.79 Å². The van der Waals surface area contributed by atoms with Crippen molar-refractivity contribution in [3.05, 3.63) is 17.2 Å². The summed E-state index contributed by atoms with van der Waals surface area (Å²) in [4.78, 5) is 14.8. The van der Waals surface area contributed by atoms with Crippen LogP contribution in [-0.2, 0) is 31.1 Å². The summed E-state index contributed by atoms with van der Waals surface area (Å²) in [6.07, 6.45) is 3.23. The lowest BCUT2D eigenvalue weighted by molar-refractivity contribution is -0.136. The summed E-state index contributed by atoms with van der Waals surface area (Å²) in [5.41, 5.74) is 2.31. The number of hydrogen-bond acceptors (Lipinski definition) is 2. The van der Waals surface area contributed by atoms with Crippen LogP contribution in [0.4, 0.5) is 0 Å². The Morgan fingerprint density at radius 2 is 2.38 bits per heavy atom. The molecule has 0 aromatic carbocycles. The summed E-state index contributed by atoms with van der Waals surface area (Å²) >= 11 is 0. The number of carboxylic acids is 1. The lowest BCUT2D eigenvalue weighted by Crippen LogP contribution is -2.08. The zero-order valence-electron chi connectivity index (χ0n) is 7.58. The van der Waals surface area contributed by atoms with Gasteiger partial charge < -0.3 is 9.67 Å². The summed E-state index contributed by atoms with van der Waals surface area (Å²) in [6, 6.07) is 0. The molecule has 4 heteroatoms. The average molecular weight is 180 g/mol. The maximum absolute atomic E-state index is 10.5. The molecule has 1 aromatic heterocycles. The van der Waals surface area contributed by atoms with Crippen LogP contribution in [0, 0.1) is 0 Å². The maximum atomic E-state index is 10.5. The first kappa shape index (κ1) is 8.29. The highest BCUT2D eigenvalue weighted by Crippen LogP contribution is 2.21. The molecular weight excluding hydrogens is 168 g/mol. The van der Waals surface area contributed by atoms with Gasteiger partial charge >= 0.3 is 5.97 Å². The fourth-order valence-electron chi connectivity index (χ4n) is 1.87. The first-order valence-corrected chi connectivity index (χ1v) is 4.43. The molecule has 1 aromatic rings. The quantitative estimate of drug-likeness (QED) is 0.722. The molecule has 0 unspecified atom stereocenters. The Morgan fingerprint density at radius 1 is 1.62 bits per heavy atom. The Kier molecular flexibility index (Phi) is 1.83.